The van der Waals surface area contributed by atoms with Crippen molar-refractivity contribution in [1.82, 2.24) is 10.2 Å². The van der Waals surface area contributed by atoms with Gasteiger partial charge in [-0.2, -0.15) is 0 Å². The smallest absolute Gasteiger partial charge is 0.143 e. The molecule has 1 N–H and O–H groups in total. The quantitative estimate of drug-likeness (QED) is 0.471. The molecule has 2 aliphatic rings. The van der Waals surface area contributed by atoms with Crippen molar-refractivity contribution < 1.29 is 18.7 Å². The first-order valence-electron chi connectivity index (χ1n) is 12.6. The van der Waals surface area contributed by atoms with Crippen LogP contribution in [0.5, 0.6) is 5.75 Å². The number of nitrogens with one attached hydrogen (secondary N) is 1. The number of benzene rings is 2. The maximum atomic E-state index is 13.3. The minimum absolute atomic E-state index is 0.117. The number of nitrogens with zero attached hydrogens (tertiary/aromatic N) is 1. The number of ketones is 2. The number of furan rings is 1. The molecule has 3 aromatic rings. The van der Waals surface area contributed by atoms with Gasteiger partial charge in [0.15, 0.2) is 0 Å². The second kappa shape index (κ2) is 10.3. The zero-order valence-corrected chi connectivity index (χ0v) is 20.0. The van der Waals surface area contributed by atoms with Crippen molar-refractivity contribution in [2.75, 3.05) is 39.3 Å². The van der Waals surface area contributed by atoms with Crippen LogP contribution in [0.15, 0.2) is 41.0 Å². The molecule has 1 aliphatic heterocycles. The molecule has 5 rings (SSSR count). The second-order valence-electron chi connectivity index (χ2n) is 9.78. The van der Waals surface area contributed by atoms with E-state index in [2.05, 4.69) is 22.3 Å². The lowest BCUT2D eigenvalue weighted by Crippen LogP contribution is -2.44. The van der Waals surface area contributed by atoms with Gasteiger partial charge in [0.1, 0.15) is 29.5 Å². The van der Waals surface area contributed by atoms with Gasteiger partial charge in [-0.1, -0.05) is 12.5 Å². The van der Waals surface area contributed by atoms with E-state index < -0.39 is 0 Å². The number of hydrogen-bond donors (Lipinski definition) is 1. The summed E-state index contributed by atoms with van der Waals surface area (Å²) in [6.07, 6.45) is 5.72. The Morgan fingerprint density at radius 3 is 2.74 bits per heavy atom. The normalized spacial score (nSPS) is 18.1. The SMILES string of the molecule is CC(=O)CCC(C(=O)C1CCC1)c1coc2ccc3cc(OCCN4CCNCC4)ccc3c12. The van der Waals surface area contributed by atoms with E-state index in [4.69, 9.17) is 9.15 Å². The fraction of sp³-hybridized carbons (Fsp3) is 0.500. The van der Waals surface area contributed by atoms with E-state index in [1.54, 1.807) is 13.2 Å². The van der Waals surface area contributed by atoms with Crippen LogP contribution in [0.2, 0.25) is 0 Å². The topological polar surface area (TPSA) is 71.8 Å². The monoisotopic (exact) mass is 462 g/mol. The van der Waals surface area contributed by atoms with E-state index in [1.807, 2.05) is 18.2 Å². The summed E-state index contributed by atoms with van der Waals surface area (Å²) in [5.74, 6) is 1.06. The molecule has 0 amide bonds. The van der Waals surface area contributed by atoms with E-state index in [0.717, 1.165) is 85.0 Å². The summed E-state index contributed by atoms with van der Waals surface area (Å²) in [6.45, 7) is 7.38. The molecule has 2 heterocycles. The number of carbonyl (C=O) groups excluding carboxylic acids is 2. The molecule has 0 spiro atoms. The first-order chi connectivity index (χ1) is 16.6. The minimum atomic E-state index is -0.295. The standard InChI is InChI=1S/C28H34N2O4/c1-19(31)5-8-24(28(32)20-3-2-4-20)25-18-34-26-10-6-21-17-22(7-9-23(21)27(25)26)33-16-15-30-13-11-29-12-14-30/h6-7,9-10,17-18,20,24,29H,2-5,8,11-16H2,1H3. The van der Waals surface area contributed by atoms with Crippen LogP contribution >= 0.6 is 0 Å². The molecule has 0 radical (unpaired) electrons. The number of fused-ring (bicyclic) bond motifs is 3. The average Bonchev–Trinajstić information content (AvgIpc) is 3.23. The summed E-state index contributed by atoms with van der Waals surface area (Å²) in [5.41, 5.74) is 1.70. The van der Waals surface area contributed by atoms with E-state index in [1.165, 1.54) is 0 Å². The predicted octanol–water partition coefficient (Wildman–Crippen LogP) is 4.69. The molecular formula is C28H34N2O4. The zero-order valence-electron chi connectivity index (χ0n) is 20.0. The van der Waals surface area contributed by atoms with Crippen molar-refractivity contribution in [1.29, 1.82) is 0 Å². The second-order valence-corrected chi connectivity index (χ2v) is 9.78. The Morgan fingerprint density at radius 1 is 1.18 bits per heavy atom. The largest absolute Gasteiger partial charge is 0.492 e. The van der Waals surface area contributed by atoms with Crippen LogP contribution in [0.25, 0.3) is 21.7 Å². The molecule has 1 saturated carbocycles. The number of Topliss-reactive ketones (excluding diaryl/α,β-unsaturated/α-hetero) is 2. The van der Waals surface area contributed by atoms with Gasteiger partial charge in [0, 0.05) is 61.9 Å². The molecule has 6 heteroatoms. The Balaban J connectivity index is 1.40. The highest BCUT2D eigenvalue weighted by Crippen LogP contribution is 2.40. The highest BCUT2D eigenvalue weighted by Gasteiger charge is 2.34. The van der Waals surface area contributed by atoms with Crippen molar-refractivity contribution in [2.45, 2.75) is 44.9 Å². The van der Waals surface area contributed by atoms with E-state index in [0.29, 0.717) is 19.4 Å². The Morgan fingerprint density at radius 2 is 2.00 bits per heavy atom. The molecular weight excluding hydrogens is 428 g/mol. The number of carbonyl (C=O) groups is 2. The summed E-state index contributed by atoms with van der Waals surface area (Å²) in [6, 6.07) is 10.2. The lowest BCUT2D eigenvalue weighted by atomic mass is 9.74. The Labute approximate surface area is 200 Å². The fourth-order valence-electron chi connectivity index (χ4n) is 5.22. The van der Waals surface area contributed by atoms with Crippen LogP contribution in [-0.2, 0) is 9.59 Å². The lowest BCUT2D eigenvalue weighted by molar-refractivity contribution is -0.127. The summed E-state index contributed by atoms with van der Waals surface area (Å²) in [5, 5.41) is 6.49. The van der Waals surface area contributed by atoms with Crippen LogP contribution < -0.4 is 10.1 Å². The summed E-state index contributed by atoms with van der Waals surface area (Å²) < 4.78 is 12.0. The van der Waals surface area contributed by atoms with Crippen molar-refractivity contribution in [3.8, 4) is 5.75 Å². The first-order valence-corrected chi connectivity index (χ1v) is 12.6. The Hall–Kier alpha value is -2.70. The molecule has 2 fully saturated rings. The van der Waals surface area contributed by atoms with E-state index >= 15 is 0 Å². The zero-order chi connectivity index (χ0) is 23.5. The molecule has 1 saturated heterocycles. The summed E-state index contributed by atoms with van der Waals surface area (Å²) in [7, 11) is 0. The van der Waals surface area contributed by atoms with E-state index in [-0.39, 0.29) is 23.4 Å². The summed E-state index contributed by atoms with van der Waals surface area (Å²) in [4.78, 5) is 27.5. The van der Waals surface area contributed by atoms with Gasteiger partial charge in [0.05, 0.1) is 6.26 Å². The maximum Gasteiger partial charge on any atom is 0.143 e. The number of piperazine rings is 1. The van der Waals surface area contributed by atoms with Gasteiger partial charge in [-0.3, -0.25) is 9.69 Å². The average molecular weight is 463 g/mol. The minimum Gasteiger partial charge on any atom is -0.492 e. The van der Waals surface area contributed by atoms with Gasteiger partial charge in [0.25, 0.3) is 0 Å². The molecule has 2 aromatic carbocycles. The number of hydrogen-bond acceptors (Lipinski definition) is 6. The lowest BCUT2D eigenvalue weighted by Gasteiger charge is -2.28. The van der Waals surface area contributed by atoms with Gasteiger partial charge in [-0.05, 0) is 61.2 Å². The van der Waals surface area contributed by atoms with Gasteiger partial charge in [0.2, 0.25) is 0 Å². The molecule has 6 nitrogen and oxygen atoms in total. The Bertz CT molecular complexity index is 1170. The predicted molar refractivity (Wildman–Crippen MR) is 134 cm³/mol. The fourth-order valence-corrected chi connectivity index (χ4v) is 5.22. The third-order valence-electron chi connectivity index (χ3n) is 7.45. The van der Waals surface area contributed by atoms with Gasteiger partial charge >= 0.3 is 0 Å². The third-order valence-corrected chi connectivity index (χ3v) is 7.45. The molecule has 1 atom stereocenters. The van der Waals surface area contributed by atoms with Gasteiger partial charge in [-0.15, -0.1) is 0 Å². The number of rotatable bonds is 10. The van der Waals surface area contributed by atoms with Crippen LogP contribution in [0, 0.1) is 5.92 Å². The van der Waals surface area contributed by atoms with Crippen LogP contribution in [0.4, 0.5) is 0 Å². The van der Waals surface area contributed by atoms with Crippen LogP contribution in [0.1, 0.15) is 50.5 Å². The molecule has 0 bridgehead atoms. The van der Waals surface area contributed by atoms with Crippen molar-refractivity contribution in [3.63, 3.8) is 0 Å². The molecule has 34 heavy (non-hydrogen) atoms. The van der Waals surface area contributed by atoms with E-state index in [9.17, 15) is 9.59 Å². The van der Waals surface area contributed by atoms with Gasteiger partial charge < -0.3 is 19.3 Å². The van der Waals surface area contributed by atoms with Crippen molar-refractivity contribution >= 4 is 33.3 Å². The third kappa shape index (κ3) is 4.89. The van der Waals surface area contributed by atoms with Crippen LogP contribution in [0.3, 0.4) is 0 Å². The first kappa shape index (κ1) is 23.1. The molecule has 1 aromatic heterocycles. The summed E-state index contributed by atoms with van der Waals surface area (Å²) >= 11 is 0. The van der Waals surface area contributed by atoms with Crippen molar-refractivity contribution in [3.05, 3.63) is 42.2 Å². The van der Waals surface area contributed by atoms with Crippen molar-refractivity contribution in [2.24, 2.45) is 5.92 Å². The van der Waals surface area contributed by atoms with Gasteiger partial charge in [-0.25, -0.2) is 0 Å². The maximum absolute atomic E-state index is 13.3. The van der Waals surface area contributed by atoms with Crippen LogP contribution in [-0.4, -0.2) is 55.8 Å². The Kier molecular flexibility index (Phi) is 6.97. The molecule has 1 unspecified atom stereocenters. The number of ether oxygens (including phenoxy) is 1. The highest BCUT2D eigenvalue weighted by atomic mass is 16.5. The highest BCUT2D eigenvalue weighted by molar-refractivity contribution is 6.09. The molecule has 1 aliphatic carbocycles. The molecule has 180 valence electrons.